The van der Waals surface area contributed by atoms with Crippen LogP contribution in [-0.2, 0) is 39.1 Å². The van der Waals surface area contributed by atoms with Crippen molar-refractivity contribution < 1.29 is 33.0 Å². The van der Waals surface area contributed by atoms with Crippen LogP contribution < -0.4 is 15.2 Å². The van der Waals surface area contributed by atoms with Crippen LogP contribution in [0.3, 0.4) is 0 Å². The molecule has 3 aliphatic rings. The van der Waals surface area contributed by atoms with Gasteiger partial charge < -0.3 is 28.6 Å². The van der Waals surface area contributed by atoms with Crippen LogP contribution in [-0.4, -0.2) is 83.5 Å². The molecule has 0 radical (unpaired) electrons. The number of pyridine rings is 3. The fourth-order valence-electron chi connectivity index (χ4n) is 8.62. The minimum absolute atomic E-state index is 0.00273. The van der Waals surface area contributed by atoms with Gasteiger partial charge in [-0.3, -0.25) is 19.5 Å². The lowest BCUT2D eigenvalue weighted by molar-refractivity contribution is -0.161. The fraction of sp³-hybridized carbons (Fsp3) is 0.326. The molecule has 14 nitrogen and oxygen atoms in total. The van der Waals surface area contributed by atoms with E-state index < -0.39 is 35.6 Å². The van der Waals surface area contributed by atoms with Crippen LogP contribution in [0.4, 0.5) is 26.2 Å². The van der Waals surface area contributed by atoms with Crippen molar-refractivity contribution in [3.8, 4) is 22.3 Å². The Balaban J connectivity index is 1.28. The van der Waals surface area contributed by atoms with Crippen LogP contribution in [0.5, 0.6) is 0 Å². The summed E-state index contributed by atoms with van der Waals surface area (Å²) in [5.41, 5.74) is 4.26. The monoisotopic (exact) mass is 785 g/mol. The minimum atomic E-state index is -1.20. The minimum Gasteiger partial charge on any atom is -0.457 e. The number of likely N-dealkylation sites (tertiary alicyclic amines) is 1. The number of nitrogens with zero attached hydrogens (tertiary/aromatic N) is 7. The van der Waals surface area contributed by atoms with Crippen LogP contribution in [0, 0.1) is 18.3 Å². The number of hydrogen-bond donors (Lipinski definition) is 0. The zero-order valence-electron chi connectivity index (χ0n) is 32.6. The quantitative estimate of drug-likeness (QED) is 0.0985. The second-order valence-electron chi connectivity index (χ2n) is 15.0. The molecule has 0 bridgehead atoms. The Morgan fingerprint density at radius 1 is 1.07 bits per heavy atom. The lowest BCUT2D eigenvalue weighted by atomic mass is 9.95. The standard InChI is InChI=1S/C43H40FN7O7/c1-23(52)57-24(2)58-43(55)50(6)34-16-32(44)38(45-3)36-28(34)15-33-37(36)39(51-13-12-26-19-48(4)21-35(26)51)30(18-46-33)27-14-29-40(53)31(20-49(5)41(29)47-17-27)42(54)56-22-25-10-8-7-9-11-25/h7-11,14,16-18,20,24,26,35H,12-13,15,19,21-22H2,1-2,4-6H3/t24?,26-,35+/m0/s1. The summed E-state index contributed by atoms with van der Waals surface area (Å²) >= 11 is 0. The van der Waals surface area contributed by atoms with Crippen molar-refractivity contribution in [2.24, 2.45) is 13.0 Å². The summed E-state index contributed by atoms with van der Waals surface area (Å²) in [6.07, 6.45) is 3.78. The number of aromatic nitrogens is 3. The molecule has 8 rings (SSSR count). The molecule has 0 N–H and O–H groups in total. The molecule has 2 fully saturated rings. The van der Waals surface area contributed by atoms with E-state index in [4.69, 9.17) is 30.8 Å². The highest BCUT2D eigenvalue weighted by atomic mass is 19.1. The van der Waals surface area contributed by atoms with Gasteiger partial charge in [-0.05, 0) is 42.6 Å². The fourth-order valence-corrected chi connectivity index (χ4v) is 8.62. The number of esters is 2. The number of amides is 1. The first kappa shape index (κ1) is 38.2. The summed E-state index contributed by atoms with van der Waals surface area (Å²) in [6, 6.07) is 12.1. The number of benzene rings is 2. The van der Waals surface area contributed by atoms with E-state index in [9.17, 15) is 19.2 Å². The lowest BCUT2D eigenvalue weighted by Crippen LogP contribution is -2.35. The number of anilines is 2. The topological polar surface area (TPSA) is 141 Å². The highest BCUT2D eigenvalue weighted by Gasteiger charge is 2.44. The second-order valence-corrected chi connectivity index (χ2v) is 15.0. The Bertz CT molecular complexity index is 2630. The molecule has 5 heterocycles. The largest absolute Gasteiger partial charge is 0.457 e. The molecule has 2 aliphatic heterocycles. The third kappa shape index (κ3) is 6.68. The second kappa shape index (κ2) is 15.0. The molecule has 296 valence electrons. The summed E-state index contributed by atoms with van der Waals surface area (Å²) in [6.45, 7) is 13.1. The van der Waals surface area contributed by atoms with E-state index in [2.05, 4.69) is 21.7 Å². The van der Waals surface area contributed by atoms with E-state index in [0.29, 0.717) is 51.6 Å². The highest BCUT2D eigenvalue weighted by Crippen LogP contribution is 2.55. The first-order chi connectivity index (χ1) is 27.8. The highest BCUT2D eigenvalue weighted by molar-refractivity contribution is 6.04. The van der Waals surface area contributed by atoms with Gasteiger partial charge in [-0.25, -0.2) is 23.8 Å². The summed E-state index contributed by atoms with van der Waals surface area (Å²) in [5, 5.41) is 0.194. The van der Waals surface area contributed by atoms with E-state index >= 15 is 4.39 Å². The molecular formula is C43H40FN7O7. The van der Waals surface area contributed by atoms with Crippen molar-refractivity contribution in [3.05, 3.63) is 111 Å². The number of carbonyl (C=O) groups is 3. The number of likely N-dealkylation sites (N-methyl/N-ethyl adjacent to an activating group) is 1. The molecule has 0 spiro atoms. The molecule has 0 saturated carbocycles. The van der Waals surface area contributed by atoms with Crippen LogP contribution >= 0.6 is 0 Å². The third-order valence-electron chi connectivity index (χ3n) is 11.2. The number of ether oxygens (including phenoxy) is 3. The lowest BCUT2D eigenvalue weighted by Gasteiger charge is -2.31. The molecule has 2 saturated heterocycles. The van der Waals surface area contributed by atoms with Gasteiger partial charge in [0.1, 0.15) is 23.6 Å². The van der Waals surface area contributed by atoms with E-state index in [1.165, 1.54) is 27.1 Å². The maximum Gasteiger partial charge on any atom is 0.417 e. The molecule has 15 heteroatoms. The Hall–Kier alpha value is -6.66. The van der Waals surface area contributed by atoms with Crippen LogP contribution in [0.1, 0.15) is 47.4 Å². The normalized spacial score (nSPS) is 17.3. The molecule has 1 amide bonds. The first-order valence-corrected chi connectivity index (χ1v) is 18.9. The number of rotatable bonds is 8. The van der Waals surface area contributed by atoms with Gasteiger partial charge in [-0.15, -0.1) is 0 Å². The maximum atomic E-state index is 16.2. The van der Waals surface area contributed by atoms with Crippen LogP contribution in [0.2, 0.25) is 0 Å². The number of hydrogen-bond acceptors (Lipinski definition) is 11. The van der Waals surface area contributed by atoms with Gasteiger partial charge in [0.05, 0.1) is 29.0 Å². The SMILES string of the molecule is [C-]#[N+]c1c(F)cc(N(C)C(=O)OC(C)OC(C)=O)c2c1-c1c(ncc(-c3cnc4c(c3)c(=O)c(C(=O)OCc3ccccc3)cn4C)c1N1CC[C@H]3CN(C)C[C@H]31)C2. The van der Waals surface area contributed by atoms with Crippen molar-refractivity contribution in [1.82, 2.24) is 19.4 Å². The third-order valence-corrected chi connectivity index (χ3v) is 11.2. The van der Waals surface area contributed by atoms with Crippen molar-refractivity contribution in [3.63, 3.8) is 0 Å². The number of aryl methyl sites for hydroxylation is 1. The van der Waals surface area contributed by atoms with E-state index in [0.717, 1.165) is 41.7 Å². The van der Waals surface area contributed by atoms with Crippen molar-refractivity contribution in [1.29, 1.82) is 0 Å². The van der Waals surface area contributed by atoms with Gasteiger partial charge in [0.25, 0.3) is 0 Å². The Morgan fingerprint density at radius 3 is 2.59 bits per heavy atom. The average Bonchev–Trinajstić information content (AvgIpc) is 3.89. The molecular weight excluding hydrogens is 746 g/mol. The summed E-state index contributed by atoms with van der Waals surface area (Å²) in [4.78, 5) is 71.1. The summed E-state index contributed by atoms with van der Waals surface area (Å²) in [5.74, 6) is -1.87. The molecule has 3 atom stereocenters. The zero-order valence-corrected chi connectivity index (χ0v) is 32.6. The van der Waals surface area contributed by atoms with E-state index in [1.54, 1.807) is 30.1 Å². The smallest absolute Gasteiger partial charge is 0.417 e. The Kier molecular flexibility index (Phi) is 9.90. The van der Waals surface area contributed by atoms with Gasteiger partial charge in [-0.2, -0.15) is 0 Å². The summed E-state index contributed by atoms with van der Waals surface area (Å²) in [7, 11) is 5.19. The maximum absolute atomic E-state index is 16.2. The van der Waals surface area contributed by atoms with Gasteiger partial charge >= 0.3 is 18.0 Å². The van der Waals surface area contributed by atoms with Crippen molar-refractivity contribution in [2.45, 2.75) is 45.6 Å². The molecule has 2 aromatic carbocycles. The summed E-state index contributed by atoms with van der Waals surface area (Å²) < 4.78 is 33.6. The van der Waals surface area contributed by atoms with Crippen LogP contribution in [0.15, 0.2) is 65.8 Å². The van der Waals surface area contributed by atoms with Gasteiger partial charge in [-0.1, -0.05) is 30.3 Å². The van der Waals surface area contributed by atoms with Crippen molar-refractivity contribution >= 4 is 46.1 Å². The zero-order chi connectivity index (χ0) is 41.0. The van der Waals surface area contributed by atoms with Crippen molar-refractivity contribution in [2.75, 3.05) is 43.5 Å². The number of halogens is 1. The molecule has 1 aliphatic carbocycles. The predicted molar refractivity (Wildman–Crippen MR) is 213 cm³/mol. The number of carbonyl (C=O) groups excluding carboxylic acids is 3. The Labute approximate surface area is 333 Å². The van der Waals surface area contributed by atoms with Gasteiger partial charge in [0, 0.05) is 101 Å². The molecule has 58 heavy (non-hydrogen) atoms. The average molecular weight is 786 g/mol. The molecule has 3 aromatic heterocycles. The molecule has 5 aromatic rings. The first-order valence-electron chi connectivity index (χ1n) is 18.9. The number of fused-ring (bicyclic) bond motifs is 5. The predicted octanol–water partition coefficient (Wildman–Crippen LogP) is 6.24. The van der Waals surface area contributed by atoms with Crippen LogP contribution in [0.25, 0.3) is 38.1 Å². The molecule has 1 unspecified atom stereocenters. The van der Waals surface area contributed by atoms with Gasteiger partial charge in [0.15, 0.2) is 0 Å². The van der Waals surface area contributed by atoms with Gasteiger partial charge in [0.2, 0.25) is 17.4 Å². The van der Waals surface area contributed by atoms with E-state index in [1.807, 2.05) is 30.3 Å². The van der Waals surface area contributed by atoms with E-state index in [-0.39, 0.29) is 41.4 Å². The Morgan fingerprint density at radius 2 is 1.84 bits per heavy atom.